The lowest BCUT2D eigenvalue weighted by atomic mass is 9.91. The van der Waals surface area contributed by atoms with E-state index in [1.807, 2.05) is 18.4 Å². The van der Waals surface area contributed by atoms with Crippen molar-refractivity contribution < 1.29 is 36.8 Å². The number of likely N-dealkylation sites (tertiary alicyclic amines) is 1. The summed E-state index contributed by atoms with van der Waals surface area (Å²) in [4.78, 5) is 38.1. The second kappa shape index (κ2) is 25.0. The van der Waals surface area contributed by atoms with E-state index in [4.69, 9.17) is 44.6 Å². The van der Waals surface area contributed by atoms with Gasteiger partial charge >= 0.3 is 0 Å². The Morgan fingerprint density at radius 2 is 1.12 bits per heavy atom. The summed E-state index contributed by atoms with van der Waals surface area (Å²) in [7, 11) is 0. The first-order valence-electron chi connectivity index (χ1n) is 27.4. The molecule has 4 aromatic heterocycles. The fourth-order valence-electron chi connectivity index (χ4n) is 11.7. The van der Waals surface area contributed by atoms with Crippen LogP contribution in [0.15, 0.2) is 55.0 Å². The summed E-state index contributed by atoms with van der Waals surface area (Å²) in [6, 6.07) is 9.24. The summed E-state index contributed by atoms with van der Waals surface area (Å²) in [5.74, 6) is 2.09. The van der Waals surface area contributed by atoms with Crippen LogP contribution in [0, 0.1) is 25.5 Å². The number of alkyl halides is 1. The maximum atomic E-state index is 13.5. The van der Waals surface area contributed by atoms with E-state index in [-0.39, 0.29) is 47.5 Å². The normalized spacial score (nSPS) is 22.7. The zero-order chi connectivity index (χ0) is 51.8. The number of ether oxygens (including phenoxy) is 4. The molecular weight excluding hydrogens is 986 g/mol. The van der Waals surface area contributed by atoms with Crippen LogP contribution >= 0.6 is 11.6 Å². The van der Waals surface area contributed by atoms with Gasteiger partial charge in [0, 0.05) is 96.0 Å². The van der Waals surface area contributed by atoms with E-state index >= 15 is 0 Å². The molecule has 6 aromatic rings. The van der Waals surface area contributed by atoms with Crippen LogP contribution in [-0.2, 0) is 44.9 Å². The van der Waals surface area contributed by atoms with Crippen LogP contribution < -0.4 is 16.4 Å². The average molecular weight is 1060 g/mol. The van der Waals surface area contributed by atoms with Crippen LogP contribution in [0.3, 0.4) is 0 Å². The van der Waals surface area contributed by atoms with Crippen molar-refractivity contribution in [3.05, 3.63) is 114 Å². The van der Waals surface area contributed by atoms with Gasteiger partial charge in [-0.2, -0.15) is 0 Å². The maximum Gasteiger partial charge on any atom is 0.257 e. The van der Waals surface area contributed by atoms with Crippen molar-refractivity contribution in [2.75, 3.05) is 51.8 Å². The minimum absolute atomic E-state index is 0.0426. The standard InChI is InChI=1S/C28H35FN4O4.C16H23ClN2O3.C12H13FN2O/c1-18-21(28(34)33-12-4-5-23(27(33)30-18)36-25-6-2-3-16-35-25)11-15-32-13-9-19(10-14-32)26-22-8-7-20(29)17-24(22)37-31-26;1-11-12(7-8-17)16(20)19-9-4-5-13(15(19)18-11)22-14-6-2-3-10-21-14;13-9-1-2-10-11(7-9)16-15-12(10)8-3-5-14-6-4-8/h7-8,17,19,23,25H,2-6,9-16H2,1H3;13-14H,2-10H2,1H3;1-2,7-8,14H,3-6H2. The number of hydrogen-bond acceptors (Lipinski definition) is 14. The van der Waals surface area contributed by atoms with Gasteiger partial charge in [-0.05, 0) is 167 Å². The minimum Gasteiger partial charge on any atom is -0.356 e. The molecule has 4 atom stereocenters. The Labute approximate surface area is 440 Å². The molecule has 404 valence electrons. The molecule has 4 unspecified atom stereocenters. The van der Waals surface area contributed by atoms with Crippen LogP contribution in [-0.4, -0.2) is 98.7 Å². The topological polar surface area (TPSA) is 174 Å². The van der Waals surface area contributed by atoms with Gasteiger partial charge in [0.15, 0.2) is 23.7 Å². The van der Waals surface area contributed by atoms with Crippen molar-refractivity contribution in [3.8, 4) is 0 Å². The number of piperidine rings is 2. The minimum atomic E-state index is -0.311. The van der Waals surface area contributed by atoms with Crippen LogP contribution in [0.1, 0.15) is 159 Å². The third-order valence-electron chi connectivity index (χ3n) is 15.8. The van der Waals surface area contributed by atoms with E-state index in [0.29, 0.717) is 54.8 Å². The van der Waals surface area contributed by atoms with Gasteiger partial charge in [0.05, 0.1) is 11.4 Å². The molecule has 1 N–H and O–H groups in total. The Morgan fingerprint density at radius 3 is 1.60 bits per heavy atom. The highest BCUT2D eigenvalue weighted by Crippen LogP contribution is 2.35. The average Bonchev–Trinajstić information content (AvgIpc) is 4.06. The van der Waals surface area contributed by atoms with Gasteiger partial charge in [0.25, 0.3) is 11.1 Å². The molecule has 0 amide bonds. The molecule has 0 radical (unpaired) electrons. The molecule has 0 saturated carbocycles. The second-order valence-corrected chi connectivity index (χ2v) is 21.2. The lowest BCUT2D eigenvalue weighted by Crippen LogP contribution is -2.38. The van der Waals surface area contributed by atoms with Crippen LogP contribution in [0.2, 0.25) is 0 Å². The molecule has 0 spiro atoms. The highest BCUT2D eigenvalue weighted by atomic mass is 35.5. The summed E-state index contributed by atoms with van der Waals surface area (Å²) in [5, 5.41) is 13.5. The van der Waals surface area contributed by atoms with E-state index in [1.54, 1.807) is 16.7 Å². The van der Waals surface area contributed by atoms with E-state index in [9.17, 15) is 18.4 Å². The predicted molar refractivity (Wildman–Crippen MR) is 279 cm³/mol. The third-order valence-corrected chi connectivity index (χ3v) is 16.0. The first-order valence-corrected chi connectivity index (χ1v) is 28.0. The number of aryl methyl sites for hydroxylation is 2. The fraction of sp³-hybridized carbons (Fsp3) is 0.607. The lowest BCUT2D eigenvalue weighted by Gasteiger charge is -2.32. The molecule has 6 aliphatic rings. The molecule has 0 bridgehead atoms. The fourth-order valence-corrected chi connectivity index (χ4v) is 11.9. The summed E-state index contributed by atoms with van der Waals surface area (Å²) in [5.41, 5.74) is 6.22. The molecule has 16 nitrogen and oxygen atoms in total. The van der Waals surface area contributed by atoms with Crippen molar-refractivity contribution in [1.82, 2.24) is 39.6 Å². The zero-order valence-corrected chi connectivity index (χ0v) is 44.1. The molecular formula is C56H71ClF2N8O8. The second-order valence-electron chi connectivity index (χ2n) is 20.9. The number of aromatic nitrogens is 6. The summed E-state index contributed by atoms with van der Waals surface area (Å²) < 4.78 is 64.4. The number of fused-ring (bicyclic) bond motifs is 4. The molecule has 0 aliphatic carbocycles. The van der Waals surface area contributed by atoms with Gasteiger partial charge in [-0.15, -0.1) is 11.6 Å². The number of benzene rings is 2. The summed E-state index contributed by atoms with van der Waals surface area (Å²) in [6.07, 6.45) is 14.5. The van der Waals surface area contributed by atoms with Crippen molar-refractivity contribution in [2.24, 2.45) is 0 Å². The third kappa shape index (κ3) is 12.6. The maximum absolute atomic E-state index is 13.5. The summed E-state index contributed by atoms with van der Waals surface area (Å²) in [6.45, 7) is 11.4. The molecule has 2 aromatic carbocycles. The van der Waals surface area contributed by atoms with Crippen molar-refractivity contribution in [3.63, 3.8) is 0 Å². The van der Waals surface area contributed by atoms with Gasteiger partial charge in [-0.25, -0.2) is 18.7 Å². The number of halogens is 3. The largest absolute Gasteiger partial charge is 0.356 e. The zero-order valence-electron chi connectivity index (χ0n) is 43.3. The van der Waals surface area contributed by atoms with E-state index in [1.165, 1.54) is 24.3 Å². The Balaban J connectivity index is 0.000000142. The van der Waals surface area contributed by atoms with Crippen LogP contribution in [0.5, 0.6) is 0 Å². The van der Waals surface area contributed by atoms with Crippen molar-refractivity contribution in [1.29, 1.82) is 0 Å². The van der Waals surface area contributed by atoms with Gasteiger partial charge in [0.2, 0.25) is 0 Å². The highest BCUT2D eigenvalue weighted by Gasteiger charge is 2.32. The van der Waals surface area contributed by atoms with Crippen LogP contribution in [0.4, 0.5) is 8.78 Å². The van der Waals surface area contributed by atoms with Crippen molar-refractivity contribution in [2.45, 2.75) is 166 Å². The lowest BCUT2D eigenvalue weighted by molar-refractivity contribution is -0.195. The highest BCUT2D eigenvalue weighted by molar-refractivity contribution is 6.18. The molecule has 4 saturated heterocycles. The van der Waals surface area contributed by atoms with Gasteiger partial charge in [-0.1, -0.05) is 10.3 Å². The molecule has 4 fully saturated rings. The first kappa shape index (κ1) is 53.4. The van der Waals surface area contributed by atoms with E-state index in [0.717, 1.165) is 192 Å². The quantitative estimate of drug-likeness (QED) is 0.121. The van der Waals surface area contributed by atoms with Gasteiger partial charge in [-0.3, -0.25) is 18.7 Å². The van der Waals surface area contributed by atoms with E-state index in [2.05, 4.69) is 25.5 Å². The summed E-state index contributed by atoms with van der Waals surface area (Å²) >= 11 is 5.80. The Morgan fingerprint density at radius 1 is 0.627 bits per heavy atom. The number of nitrogens with zero attached hydrogens (tertiary/aromatic N) is 7. The first-order chi connectivity index (χ1) is 36.6. The monoisotopic (exact) mass is 1060 g/mol. The number of nitrogens with one attached hydrogen (secondary N) is 1. The Bertz CT molecular complexity index is 2990. The van der Waals surface area contributed by atoms with Gasteiger partial charge in [0.1, 0.15) is 35.5 Å². The predicted octanol–water partition coefficient (Wildman–Crippen LogP) is 9.78. The molecule has 10 heterocycles. The molecule has 75 heavy (non-hydrogen) atoms. The Kier molecular flexibility index (Phi) is 17.8. The van der Waals surface area contributed by atoms with E-state index < -0.39 is 0 Å². The number of hydrogen-bond donors (Lipinski definition) is 1. The van der Waals surface area contributed by atoms with Gasteiger partial charge < -0.3 is 38.2 Å². The number of rotatable bonds is 11. The van der Waals surface area contributed by atoms with Crippen LogP contribution in [0.25, 0.3) is 21.9 Å². The SMILES string of the molecule is Cc1nc2n(c(=O)c1CCCl)CCCC2OC1CCCCO1.Cc1nc2n(c(=O)c1CCN1CCC(c3noc4cc(F)ccc34)CC1)CCCC2OC1CCCCO1.Fc1ccc2c(C3CCNCC3)noc2c1. The van der Waals surface area contributed by atoms with Crippen molar-refractivity contribution >= 4 is 33.5 Å². The molecule has 12 rings (SSSR count). The molecule has 19 heteroatoms. The molecule has 6 aliphatic heterocycles. The Hall–Kier alpha value is -4.95. The smallest absolute Gasteiger partial charge is 0.257 e.